The minimum atomic E-state index is -3.16. The number of fused-ring (bicyclic) bond motifs is 1. The highest BCUT2D eigenvalue weighted by atomic mass is 35.5. The molecular weight excluding hydrogens is 593 g/mol. The number of nitrogens with one attached hydrogen (secondary N) is 2. The molecule has 1 fully saturated rings. The number of benzene rings is 2. The van der Waals surface area contributed by atoms with Gasteiger partial charge in [0.2, 0.25) is 5.95 Å². The van der Waals surface area contributed by atoms with Gasteiger partial charge in [0.15, 0.2) is 15.7 Å². The summed E-state index contributed by atoms with van der Waals surface area (Å²) in [7, 11) is -3.16. The summed E-state index contributed by atoms with van der Waals surface area (Å²) in [5.41, 5.74) is 1.14. The van der Waals surface area contributed by atoms with Crippen molar-refractivity contribution in [3.63, 3.8) is 0 Å². The molecule has 0 aliphatic carbocycles. The van der Waals surface area contributed by atoms with Gasteiger partial charge in [-0.2, -0.15) is 9.65 Å². The van der Waals surface area contributed by atoms with Crippen molar-refractivity contribution < 1.29 is 23.0 Å². The maximum atomic E-state index is 13.9. The van der Waals surface area contributed by atoms with Crippen molar-refractivity contribution in [3.8, 4) is 6.07 Å². The van der Waals surface area contributed by atoms with Crippen LogP contribution in [0.5, 0.6) is 0 Å². The molecule has 0 saturated carbocycles. The highest BCUT2D eigenvalue weighted by Crippen LogP contribution is 2.37. The molecule has 15 heteroatoms. The molecule has 0 radical (unpaired) electrons. The summed E-state index contributed by atoms with van der Waals surface area (Å²) < 4.78 is 75.4. The summed E-state index contributed by atoms with van der Waals surface area (Å²) in [5.74, 6) is -3.23. The molecule has 10 nitrogen and oxygen atoms in total. The highest BCUT2D eigenvalue weighted by Gasteiger charge is 2.36. The van der Waals surface area contributed by atoms with Gasteiger partial charge in [0.05, 0.1) is 64.8 Å². The van der Waals surface area contributed by atoms with Crippen LogP contribution < -0.4 is 10.6 Å². The summed E-state index contributed by atoms with van der Waals surface area (Å²) in [6.07, 6.45) is 3.77. The molecule has 6 rings (SSSR count). The first-order chi connectivity index (χ1) is 20.5. The molecule has 1 atom stereocenters. The number of nitriles is 1. The molecule has 0 unspecified atom stereocenters. The van der Waals surface area contributed by atoms with Gasteiger partial charge in [0.1, 0.15) is 17.6 Å². The van der Waals surface area contributed by atoms with E-state index in [0.29, 0.717) is 5.39 Å². The third kappa shape index (κ3) is 5.31. The number of nitrogens with zero attached hydrogens (tertiary/aromatic N) is 6. The van der Waals surface area contributed by atoms with Crippen LogP contribution in [0.4, 0.5) is 30.2 Å². The Bertz CT molecular complexity index is 2040. The number of halogens is 4. The zero-order valence-corrected chi connectivity index (χ0v) is 22.8. The smallest absolute Gasteiger partial charge is 0.249 e. The van der Waals surface area contributed by atoms with Crippen LogP contribution in [-0.4, -0.2) is 44.9 Å². The maximum absolute atomic E-state index is 13.9. The Labute approximate surface area is 243 Å². The molecule has 0 spiro atoms. The zero-order valence-electron chi connectivity index (χ0n) is 22.2. The first kappa shape index (κ1) is 26.2. The van der Waals surface area contributed by atoms with Crippen LogP contribution >= 0.6 is 11.6 Å². The fourth-order valence-corrected chi connectivity index (χ4v) is 6.14. The van der Waals surface area contributed by atoms with Crippen molar-refractivity contribution in [1.82, 2.24) is 25.0 Å². The molecule has 5 aromatic rings. The van der Waals surface area contributed by atoms with Gasteiger partial charge >= 0.3 is 0 Å². The van der Waals surface area contributed by atoms with E-state index in [0.717, 1.165) is 12.3 Å². The largest absolute Gasteiger partial charge is 0.373 e. The number of hydrogen-bond acceptors (Lipinski definition) is 9. The average Bonchev–Trinajstić information content (AvgIpc) is 3.45. The van der Waals surface area contributed by atoms with E-state index in [4.69, 9.17) is 11.6 Å². The van der Waals surface area contributed by atoms with Crippen LogP contribution in [0, 0.1) is 28.9 Å². The fraction of sp³-hybridized carbons (Fsp3) is 0.148. The monoisotopic (exact) mass is 611 g/mol. The summed E-state index contributed by atoms with van der Waals surface area (Å²) in [4.78, 5) is 7.62. The van der Waals surface area contributed by atoms with Gasteiger partial charge in [0.25, 0.3) is 0 Å². The second-order valence-corrected chi connectivity index (χ2v) is 12.0. The summed E-state index contributed by atoms with van der Waals surface area (Å²) in [6, 6.07) is 8.72. The normalized spacial score (nSPS) is 16.2. The van der Waals surface area contributed by atoms with Crippen molar-refractivity contribution >= 4 is 49.4 Å². The molecule has 2 N–H and O–H groups in total. The number of anilines is 3. The van der Waals surface area contributed by atoms with E-state index in [9.17, 15) is 28.2 Å². The van der Waals surface area contributed by atoms with Crippen LogP contribution in [-0.2, 0) is 9.84 Å². The zero-order chi connectivity index (χ0) is 30.5. The molecule has 1 aliphatic rings. The Kier molecular flexibility index (Phi) is 6.60. The molecule has 2 aromatic carbocycles. The van der Waals surface area contributed by atoms with E-state index in [-0.39, 0.29) is 55.9 Å². The van der Waals surface area contributed by atoms with Crippen LogP contribution in [0.15, 0.2) is 61.1 Å². The Hall–Kier alpha value is -4.74. The quantitative estimate of drug-likeness (QED) is 0.241. The van der Waals surface area contributed by atoms with Gasteiger partial charge in [-0.15, -0.1) is 5.10 Å². The predicted octanol–water partition coefficient (Wildman–Crippen LogP) is 5.08. The van der Waals surface area contributed by atoms with Crippen molar-refractivity contribution in [2.24, 2.45) is 0 Å². The van der Waals surface area contributed by atoms with Gasteiger partial charge in [0, 0.05) is 23.3 Å². The van der Waals surface area contributed by atoms with Crippen molar-refractivity contribution in [2.45, 2.75) is 12.1 Å². The molecule has 0 bridgehead atoms. The predicted molar refractivity (Wildman–Crippen MR) is 148 cm³/mol. The van der Waals surface area contributed by atoms with Gasteiger partial charge in [-0.1, -0.05) is 28.9 Å². The van der Waals surface area contributed by atoms with Crippen molar-refractivity contribution in [1.29, 1.82) is 5.26 Å². The Morgan fingerprint density at radius 3 is 2.55 bits per heavy atom. The first-order valence-electron chi connectivity index (χ1n) is 12.7. The number of rotatable bonds is 7. The lowest BCUT2D eigenvalue weighted by Gasteiger charge is -2.25. The van der Waals surface area contributed by atoms with Gasteiger partial charge < -0.3 is 10.6 Å². The summed E-state index contributed by atoms with van der Waals surface area (Å²) in [5, 5.41) is 24.3. The molecule has 4 heterocycles. The van der Waals surface area contributed by atoms with Crippen molar-refractivity contribution in [2.75, 3.05) is 22.1 Å². The number of sulfone groups is 1. The minimum Gasteiger partial charge on any atom is -0.373 e. The lowest BCUT2D eigenvalue weighted by atomic mass is 10.0. The Morgan fingerprint density at radius 1 is 1.10 bits per heavy atom. The van der Waals surface area contributed by atoms with E-state index >= 15 is 0 Å². The van der Waals surface area contributed by atoms with Crippen LogP contribution in [0.25, 0.3) is 10.9 Å². The minimum absolute atomic E-state index is 0.0492. The van der Waals surface area contributed by atoms with E-state index in [1.165, 1.54) is 47.4 Å². The first-order valence-corrected chi connectivity index (χ1v) is 14.4. The van der Waals surface area contributed by atoms with Crippen LogP contribution in [0.2, 0.25) is 5.02 Å². The number of aromatic nitrogens is 5. The summed E-state index contributed by atoms with van der Waals surface area (Å²) in [6.45, 7) is 0. The SMILES string of the molecule is [2H][C@](Nc1cc(Cl)c2ncc(C#N)c(Nc3cnc(F)c(F)c3)c2c1)(c1ccc(F)cc1)c1cn(C2CS(=O)(=O)C2)nn1. The number of hydrogen-bond donors (Lipinski definition) is 2. The summed E-state index contributed by atoms with van der Waals surface area (Å²) >= 11 is 6.58. The average molecular weight is 612 g/mol. The second kappa shape index (κ2) is 10.6. The molecule has 3 aromatic heterocycles. The number of pyridine rings is 2. The second-order valence-electron chi connectivity index (χ2n) is 9.46. The van der Waals surface area contributed by atoms with E-state index < -0.39 is 39.5 Å². The van der Waals surface area contributed by atoms with E-state index in [2.05, 4.69) is 30.9 Å². The van der Waals surface area contributed by atoms with E-state index in [1.54, 1.807) is 6.07 Å². The van der Waals surface area contributed by atoms with Crippen molar-refractivity contribution in [3.05, 3.63) is 100 Å². The van der Waals surface area contributed by atoms with Crippen LogP contribution in [0.1, 0.15) is 30.3 Å². The maximum Gasteiger partial charge on any atom is 0.249 e. The molecule has 1 saturated heterocycles. The lowest BCUT2D eigenvalue weighted by Crippen LogP contribution is -2.38. The molecule has 0 amide bonds. The van der Waals surface area contributed by atoms with Gasteiger partial charge in [-0.25, -0.2) is 26.9 Å². The molecule has 1 aliphatic heterocycles. The molecule has 42 heavy (non-hydrogen) atoms. The fourth-order valence-electron chi connectivity index (χ4n) is 4.49. The van der Waals surface area contributed by atoms with Gasteiger partial charge in [-0.05, 0) is 29.8 Å². The highest BCUT2D eigenvalue weighted by molar-refractivity contribution is 7.92. The lowest BCUT2D eigenvalue weighted by molar-refractivity contribution is 0.463. The van der Waals surface area contributed by atoms with Crippen LogP contribution in [0.3, 0.4) is 0 Å². The Morgan fingerprint density at radius 2 is 1.86 bits per heavy atom. The topological polar surface area (TPSA) is 138 Å². The third-order valence-corrected chi connectivity index (χ3v) is 8.62. The molecular formula is C27H18ClF3N8O2S. The molecule has 212 valence electrons. The standard InChI is InChI=1S/C27H18ClF3N8O2S/c28-21-6-17(5-20-24(15(8-32)9-33-26(20)21)36-18-7-22(30)27(31)34-10-18)35-25(14-1-3-16(29)4-2-14)23-11-39(38-37-23)19-12-42(40,41)13-19/h1-7,9-11,19,25,35H,12-13H2,(H,33,36)/t25-/m0/s1/i25D. The van der Waals surface area contributed by atoms with E-state index in [1.807, 2.05) is 6.07 Å². The van der Waals surface area contributed by atoms with Gasteiger partial charge in [-0.3, -0.25) is 4.98 Å². The Balaban J connectivity index is 1.45. The third-order valence-electron chi connectivity index (χ3n) is 6.55.